The molecule has 2 aromatic rings. The zero-order chi connectivity index (χ0) is 20.5. The summed E-state index contributed by atoms with van der Waals surface area (Å²) in [6.07, 6.45) is 5.85. The van der Waals surface area contributed by atoms with Gasteiger partial charge in [-0.05, 0) is 25.3 Å². The van der Waals surface area contributed by atoms with Gasteiger partial charge in [0.05, 0.1) is 13.3 Å². The van der Waals surface area contributed by atoms with Gasteiger partial charge in [-0.2, -0.15) is 4.98 Å². The van der Waals surface area contributed by atoms with Crippen LogP contribution >= 0.6 is 22.9 Å². The van der Waals surface area contributed by atoms with Crippen LogP contribution in [-0.2, 0) is 4.79 Å². The molecule has 0 aliphatic carbocycles. The Morgan fingerprint density at radius 2 is 2.07 bits per heavy atom. The van der Waals surface area contributed by atoms with Gasteiger partial charge in [0.15, 0.2) is 5.13 Å². The highest BCUT2D eigenvalue weighted by atomic mass is 35.5. The number of amides is 2. The van der Waals surface area contributed by atoms with E-state index in [1.54, 1.807) is 5.38 Å². The van der Waals surface area contributed by atoms with Crippen LogP contribution in [0.2, 0.25) is 5.02 Å². The number of anilines is 2. The topological polar surface area (TPSA) is 123 Å². The number of nitrogen functional groups attached to an aromatic ring is 1. The molecular weight excluding hydrogens is 404 g/mol. The molecule has 1 fully saturated rings. The molecule has 150 valence electrons. The predicted octanol–water partition coefficient (Wildman–Crippen LogP) is 2.61. The first-order valence-corrected chi connectivity index (χ1v) is 9.70. The number of nitrogens with zero attached hydrogens (tertiary/aromatic N) is 4. The fourth-order valence-electron chi connectivity index (χ4n) is 2.35. The van der Waals surface area contributed by atoms with Crippen molar-refractivity contribution in [3.8, 4) is 5.88 Å². The molecule has 1 aliphatic rings. The van der Waals surface area contributed by atoms with E-state index in [-0.39, 0.29) is 17.8 Å². The smallest absolute Gasteiger partial charge is 0.273 e. The van der Waals surface area contributed by atoms with Crippen LogP contribution in [0.4, 0.5) is 11.1 Å². The van der Waals surface area contributed by atoms with Crippen molar-refractivity contribution < 1.29 is 14.3 Å². The van der Waals surface area contributed by atoms with Gasteiger partial charge < -0.3 is 15.4 Å². The van der Waals surface area contributed by atoms with Gasteiger partial charge >= 0.3 is 0 Å². The fourth-order valence-corrected chi connectivity index (χ4v) is 3.21. The van der Waals surface area contributed by atoms with E-state index in [1.807, 2.05) is 4.90 Å². The summed E-state index contributed by atoms with van der Waals surface area (Å²) in [5.74, 6) is 0.0850. The van der Waals surface area contributed by atoms with Crippen molar-refractivity contribution in [2.75, 3.05) is 31.2 Å². The maximum atomic E-state index is 12.1. The number of ether oxygens (including phenoxy) is 1. The Labute approximate surface area is 171 Å². The molecule has 0 bridgehead atoms. The Morgan fingerprint density at radius 1 is 1.36 bits per heavy atom. The summed E-state index contributed by atoms with van der Waals surface area (Å²) in [5.41, 5.74) is 5.65. The standard InChI is InChI=1S/C12H15N3O2S.C5H6ClN3O/c1-2-10(16)14-12-13-9(8-18-12)11(17)15-6-4-3-5-7-15;1-10-4-3(6)2-8-5(7)9-4/h2,8H,1,3-7H2,(H,13,14,16);2H,1H3,(H2,7,8,9). The highest BCUT2D eigenvalue weighted by Crippen LogP contribution is 2.20. The van der Waals surface area contributed by atoms with Gasteiger partial charge in [-0.1, -0.05) is 18.2 Å². The number of nitrogens with one attached hydrogen (secondary N) is 1. The normalized spacial score (nSPS) is 13.1. The van der Waals surface area contributed by atoms with Crippen LogP contribution in [0.15, 0.2) is 24.2 Å². The first-order valence-electron chi connectivity index (χ1n) is 8.44. The number of hydrogen-bond donors (Lipinski definition) is 2. The van der Waals surface area contributed by atoms with Crippen molar-refractivity contribution in [1.29, 1.82) is 0 Å². The summed E-state index contributed by atoms with van der Waals surface area (Å²) in [4.78, 5) is 36.5. The largest absolute Gasteiger partial charge is 0.480 e. The van der Waals surface area contributed by atoms with Crippen LogP contribution in [0.5, 0.6) is 5.88 Å². The first-order chi connectivity index (χ1) is 13.4. The Morgan fingerprint density at radius 3 is 2.68 bits per heavy atom. The van der Waals surface area contributed by atoms with Crippen LogP contribution < -0.4 is 15.8 Å². The average molecular weight is 425 g/mol. The SMILES string of the molecule is C=CC(=O)Nc1nc(C(=O)N2CCCCC2)cs1.COc1nc(N)ncc1Cl. The summed E-state index contributed by atoms with van der Waals surface area (Å²) in [5, 5.41) is 5.01. The van der Waals surface area contributed by atoms with Crippen molar-refractivity contribution in [3.63, 3.8) is 0 Å². The Kier molecular flexibility index (Phi) is 8.15. The number of halogens is 1. The van der Waals surface area contributed by atoms with Crippen molar-refractivity contribution in [2.24, 2.45) is 0 Å². The van der Waals surface area contributed by atoms with Gasteiger partial charge in [0.25, 0.3) is 5.91 Å². The maximum absolute atomic E-state index is 12.1. The number of carbonyl (C=O) groups excluding carboxylic acids is 2. The monoisotopic (exact) mass is 424 g/mol. The van der Waals surface area contributed by atoms with Crippen molar-refractivity contribution in [2.45, 2.75) is 19.3 Å². The number of likely N-dealkylation sites (tertiary alicyclic amines) is 1. The van der Waals surface area contributed by atoms with E-state index in [9.17, 15) is 9.59 Å². The summed E-state index contributed by atoms with van der Waals surface area (Å²) >= 11 is 6.84. The molecule has 1 saturated heterocycles. The predicted molar refractivity (Wildman–Crippen MR) is 109 cm³/mol. The second-order valence-corrected chi connectivity index (χ2v) is 6.93. The molecule has 9 nitrogen and oxygen atoms in total. The van der Waals surface area contributed by atoms with Gasteiger partial charge in [-0.3, -0.25) is 14.9 Å². The highest BCUT2D eigenvalue weighted by molar-refractivity contribution is 7.14. The number of carbonyl (C=O) groups is 2. The molecule has 0 aromatic carbocycles. The molecule has 0 spiro atoms. The van der Waals surface area contributed by atoms with Crippen LogP contribution in [-0.4, -0.2) is 51.9 Å². The molecule has 11 heteroatoms. The third-order valence-corrected chi connectivity index (χ3v) is 4.72. The third-order valence-electron chi connectivity index (χ3n) is 3.71. The van der Waals surface area contributed by atoms with E-state index in [4.69, 9.17) is 22.1 Å². The van der Waals surface area contributed by atoms with E-state index in [0.29, 0.717) is 21.7 Å². The molecule has 0 saturated carbocycles. The quantitative estimate of drug-likeness (QED) is 0.723. The Hall–Kier alpha value is -2.72. The lowest BCUT2D eigenvalue weighted by Gasteiger charge is -2.25. The molecule has 0 unspecified atom stereocenters. The zero-order valence-electron chi connectivity index (χ0n) is 15.4. The van der Waals surface area contributed by atoms with Gasteiger partial charge in [-0.25, -0.2) is 9.97 Å². The van der Waals surface area contributed by atoms with Crippen molar-refractivity contribution in [1.82, 2.24) is 19.9 Å². The third kappa shape index (κ3) is 6.17. The lowest BCUT2D eigenvalue weighted by Crippen LogP contribution is -2.35. The van der Waals surface area contributed by atoms with Gasteiger partial charge in [0, 0.05) is 18.5 Å². The first kappa shape index (κ1) is 21.6. The van der Waals surface area contributed by atoms with Crippen LogP contribution in [0.25, 0.3) is 0 Å². The molecule has 3 N–H and O–H groups in total. The van der Waals surface area contributed by atoms with Crippen molar-refractivity contribution in [3.05, 3.63) is 34.9 Å². The van der Waals surface area contributed by atoms with E-state index < -0.39 is 0 Å². The molecule has 3 rings (SSSR count). The number of hydrogen-bond acceptors (Lipinski definition) is 8. The number of thiazole rings is 1. The number of aromatic nitrogens is 3. The number of piperidine rings is 1. The summed E-state index contributed by atoms with van der Waals surface area (Å²) < 4.78 is 4.76. The minimum atomic E-state index is -0.318. The molecule has 0 atom stereocenters. The van der Waals surface area contributed by atoms with Gasteiger partial charge in [-0.15, -0.1) is 11.3 Å². The summed E-state index contributed by atoms with van der Waals surface area (Å²) in [7, 11) is 1.47. The summed E-state index contributed by atoms with van der Waals surface area (Å²) in [6, 6.07) is 0. The average Bonchev–Trinajstić information content (AvgIpc) is 3.18. The second-order valence-electron chi connectivity index (χ2n) is 5.67. The Bertz CT molecular complexity index is 838. The summed E-state index contributed by atoms with van der Waals surface area (Å²) in [6.45, 7) is 4.95. The van der Waals surface area contributed by atoms with Crippen LogP contribution in [0.1, 0.15) is 29.8 Å². The number of rotatable bonds is 4. The molecule has 0 radical (unpaired) electrons. The number of nitrogens with two attached hydrogens (primary N) is 1. The van der Waals surface area contributed by atoms with E-state index in [0.717, 1.165) is 25.9 Å². The van der Waals surface area contributed by atoms with E-state index >= 15 is 0 Å². The van der Waals surface area contributed by atoms with Crippen LogP contribution in [0, 0.1) is 0 Å². The highest BCUT2D eigenvalue weighted by Gasteiger charge is 2.20. The molecule has 1 aliphatic heterocycles. The molecular formula is C17H21ClN6O3S. The minimum Gasteiger partial charge on any atom is -0.480 e. The fraction of sp³-hybridized carbons (Fsp3) is 0.353. The lowest BCUT2D eigenvalue weighted by atomic mass is 10.1. The molecule has 28 heavy (non-hydrogen) atoms. The van der Waals surface area contributed by atoms with Crippen LogP contribution in [0.3, 0.4) is 0 Å². The lowest BCUT2D eigenvalue weighted by molar-refractivity contribution is -0.111. The van der Waals surface area contributed by atoms with Gasteiger partial charge in [0.1, 0.15) is 10.7 Å². The van der Waals surface area contributed by atoms with Gasteiger partial charge in [0.2, 0.25) is 17.7 Å². The second kappa shape index (κ2) is 10.6. The maximum Gasteiger partial charge on any atom is 0.273 e. The van der Waals surface area contributed by atoms with E-state index in [2.05, 4.69) is 26.8 Å². The van der Waals surface area contributed by atoms with E-state index in [1.165, 1.54) is 37.1 Å². The van der Waals surface area contributed by atoms with Crippen molar-refractivity contribution >= 4 is 45.8 Å². The molecule has 2 aromatic heterocycles. The zero-order valence-corrected chi connectivity index (χ0v) is 16.9. The Balaban J connectivity index is 0.000000237. The minimum absolute atomic E-state index is 0.0509. The molecule has 2 amide bonds. The number of methoxy groups -OCH3 is 1. The molecule has 3 heterocycles.